The third-order valence-corrected chi connectivity index (χ3v) is 7.24. The first-order chi connectivity index (χ1) is 18.5. The van der Waals surface area contributed by atoms with Crippen molar-refractivity contribution in [3.05, 3.63) is 89.3 Å². The molecule has 10 heteroatoms. The van der Waals surface area contributed by atoms with Crippen LogP contribution in [-0.4, -0.2) is 63.0 Å². The molecule has 2 aliphatic rings. The summed E-state index contributed by atoms with van der Waals surface area (Å²) in [5, 5.41) is 14.2. The molecule has 2 fully saturated rings. The quantitative estimate of drug-likeness (QED) is 0.319. The summed E-state index contributed by atoms with van der Waals surface area (Å²) in [6.07, 6.45) is 6.41. The Labute approximate surface area is 220 Å². The first-order valence-corrected chi connectivity index (χ1v) is 13.0. The van der Waals surface area contributed by atoms with E-state index >= 15 is 0 Å². The van der Waals surface area contributed by atoms with Crippen molar-refractivity contribution in [1.29, 1.82) is 0 Å². The summed E-state index contributed by atoms with van der Waals surface area (Å²) >= 11 is 0. The zero-order valence-corrected chi connectivity index (χ0v) is 21.0. The molecule has 0 spiro atoms. The van der Waals surface area contributed by atoms with Gasteiger partial charge in [-0.2, -0.15) is 0 Å². The molecule has 38 heavy (non-hydrogen) atoms. The summed E-state index contributed by atoms with van der Waals surface area (Å²) in [5.41, 5.74) is 2.33. The van der Waals surface area contributed by atoms with Gasteiger partial charge in [0.15, 0.2) is 0 Å². The van der Waals surface area contributed by atoms with Crippen molar-refractivity contribution in [2.75, 3.05) is 13.1 Å². The molecule has 2 amide bonds. The van der Waals surface area contributed by atoms with E-state index in [0.29, 0.717) is 49.9 Å². The van der Waals surface area contributed by atoms with Gasteiger partial charge in [-0.1, -0.05) is 17.3 Å². The van der Waals surface area contributed by atoms with Crippen LogP contribution < -0.4 is 10.6 Å². The lowest BCUT2D eigenvalue weighted by molar-refractivity contribution is -0.133. The fraction of sp³-hybridized carbons (Fsp3) is 0.393. The highest BCUT2D eigenvalue weighted by Gasteiger charge is 2.39. The van der Waals surface area contributed by atoms with E-state index in [2.05, 4.69) is 25.8 Å². The smallest absolute Gasteiger partial charge is 0.300 e. The highest BCUT2D eigenvalue weighted by molar-refractivity contribution is 5.97. The van der Waals surface area contributed by atoms with Crippen LogP contribution in [-0.2, 0) is 4.79 Å². The standard InChI is InChI=1S/C28H30FN7O2/c1-30-26-5-3-16-35(26)28(38)24(4-2-14-31-25-18-23(25)19-6-10-21(29)11-7-19)33-27(37)20-8-12-22(13-9-20)36-17-15-32-34-36/h6-13,15,17,23-26,31H,2-5,14,16,18H2,(H,33,37)/t23-,24-,25+,26?/m0/s1. The molecular weight excluding hydrogens is 485 g/mol. The van der Waals surface area contributed by atoms with Gasteiger partial charge in [-0.05, 0) is 74.2 Å². The van der Waals surface area contributed by atoms with E-state index in [4.69, 9.17) is 6.57 Å². The lowest BCUT2D eigenvalue weighted by atomic mass is 10.1. The van der Waals surface area contributed by atoms with Crippen LogP contribution in [0, 0.1) is 12.4 Å². The lowest BCUT2D eigenvalue weighted by Gasteiger charge is -2.24. The number of rotatable bonds is 10. The van der Waals surface area contributed by atoms with Crippen LogP contribution in [0.1, 0.15) is 53.9 Å². The summed E-state index contributed by atoms with van der Waals surface area (Å²) in [7, 11) is 0. The van der Waals surface area contributed by atoms with Crippen LogP contribution in [0.3, 0.4) is 0 Å². The van der Waals surface area contributed by atoms with Gasteiger partial charge in [-0.25, -0.2) is 15.6 Å². The molecular formula is C28H30FN7O2. The molecule has 2 N–H and O–H groups in total. The molecule has 196 valence electrons. The van der Waals surface area contributed by atoms with Gasteiger partial charge in [-0.15, -0.1) is 5.10 Å². The molecule has 1 aromatic heterocycles. The Bertz CT molecular complexity index is 1290. The normalized spacial score (nSPS) is 21.1. The summed E-state index contributed by atoms with van der Waals surface area (Å²) in [6, 6.07) is 13.2. The molecule has 5 rings (SSSR count). The Morgan fingerprint density at radius 2 is 1.95 bits per heavy atom. The van der Waals surface area contributed by atoms with Gasteiger partial charge in [0.2, 0.25) is 0 Å². The van der Waals surface area contributed by atoms with Crippen molar-refractivity contribution in [2.45, 2.75) is 56.3 Å². The first-order valence-electron chi connectivity index (χ1n) is 13.0. The SMILES string of the molecule is [C-]#[N+]C1CCCN1C(=O)[C@H](CCCN[C@@H]1C[C@H]1c1ccc(F)cc1)NC(=O)c1ccc(-n2ccnn2)cc1. The summed E-state index contributed by atoms with van der Waals surface area (Å²) < 4.78 is 14.8. The zero-order chi connectivity index (χ0) is 26.5. The highest BCUT2D eigenvalue weighted by Crippen LogP contribution is 2.40. The van der Waals surface area contributed by atoms with E-state index in [9.17, 15) is 14.0 Å². The van der Waals surface area contributed by atoms with Crippen LogP contribution in [0.4, 0.5) is 4.39 Å². The van der Waals surface area contributed by atoms with Crippen LogP contribution in [0.25, 0.3) is 10.5 Å². The number of benzene rings is 2. The average molecular weight is 516 g/mol. The van der Waals surface area contributed by atoms with Gasteiger partial charge in [0.25, 0.3) is 11.8 Å². The van der Waals surface area contributed by atoms with Crippen molar-refractivity contribution < 1.29 is 14.0 Å². The molecule has 1 unspecified atom stereocenters. The van der Waals surface area contributed by atoms with Crippen LogP contribution >= 0.6 is 0 Å². The summed E-state index contributed by atoms with van der Waals surface area (Å²) in [6.45, 7) is 8.67. The minimum atomic E-state index is -0.714. The first kappa shape index (κ1) is 25.5. The van der Waals surface area contributed by atoms with Gasteiger partial charge in [0.05, 0.1) is 18.1 Å². The number of nitrogens with one attached hydrogen (secondary N) is 2. The Balaban J connectivity index is 1.18. The number of carbonyl (C=O) groups excluding carboxylic acids is 2. The van der Waals surface area contributed by atoms with E-state index < -0.39 is 12.2 Å². The molecule has 4 atom stereocenters. The van der Waals surface area contributed by atoms with Crippen LogP contribution in [0.2, 0.25) is 0 Å². The molecule has 1 saturated heterocycles. The predicted octanol–water partition coefficient (Wildman–Crippen LogP) is 3.30. The lowest BCUT2D eigenvalue weighted by Crippen LogP contribution is -2.49. The highest BCUT2D eigenvalue weighted by atomic mass is 19.1. The second-order valence-corrected chi connectivity index (χ2v) is 9.80. The summed E-state index contributed by atoms with van der Waals surface area (Å²) in [5.74, 6) is -0.399. The van der Waals surface area contributed by atoms with Crippen LogP contribution in [0.15, 0.2) is 60.9 Å². The third-order valence-electron chi connectivity index (χ3n) is 7.24. The van der Waals surface area contributed by atoms with Gasteiger partial charge < -0.3 is 10.6 Å². The molecule has 1 aliphatic heterocycles. The number of hydrogen-bond donors (Lipinski definition) is 2. The second kappa shape index (κ2) is 11.5. The molecule has 3 aromatic rings. The largest absolute Gasteiger partial charge is 0.340 e. The van der Waals surface area contributed by atoms with E-state index in [-0.39, 0.29) is 17.6 Å². The maximum Gasteiger partial charge on any atom is 0.300 e. The topological polar surface area (TPSA) is 96.5 Å². The fourth-order valence-corrected chi connectivity index (χ4v) is 5.04. The van der Waals surface area contributed by atoms with E-state index in [1.54, 1.807) is 46.2 Å². The fourth-order valence-electron chi connectivity index (χ4n) is 5.04. The number of likely N-dealkylation sites (tertiary alicyclic amines) is 1. The average Bonchev–Trinajstić information content (AvgIpc) is 3.31. The number of nitrogens with zero attached hydrogens (tertiary/aromatic N) is 5. The van der Waals surface area contributed by atoms with Crippen LogP contribution in [0.5, 0.6) is 0 Å². The zero-order valence-electron chi connectivity index (χ0n) is 21.0. The third kappa shape index (κ3) is 5.89. The molecule has 0 radical (unpaired) electrons. The molecule has 2 heterocycles. The number of halogens is 1. The number of hydrogen-bond acceptors (Lipinski definition) is 5. The molecule has 1 aliphatic carbocycles. The number of amides is 2. The van der Waals surface area contributed by atoms with Crippen molar-refractivity contribution in [3.8, 4) is 5.69 Å². The minimum absolute atomic E-state index is 0.202. The summed E-state index contributed by atoms with van der Waals surface area (Å²) in [4.78, 5) is 31.7. The van der Waals surface area contributed by atoms with E-state index in [1.807, 2.05) is 12.1 Å². The van der Waals surface area contributed by atoms with Gasteiger partial charge in [0.1, 0.15) is 11.9 Å². The predicted molar refractivity (Wildman–Crippen MR) is 139 cm³/mol. The van der Waals surface area contributed by atoms with Crippen molar-refractivity contribution in [1.82, 2.24) is 30.5 Å². The Kier molecular flexibility index (Phi) is 7.75. The number of carbonyl (C=O) groups is 2. The molecule has 2 aromatic carbocycles. The number of aromatic nitrogens is 3. The Hall–Kier alpha value is -4.10. The van der Waals surface area contributed by atoms with Crippen molar-refractivity contribution in [3.63, 3.8) is 0 Å². The second-order valence-electron chi connectivity index (χ2n) is 9.80. The van der Waals surface area contributed by atoms with E-state index in [0.717, 1.165) is 24.1 Å². The van der Waals surface area contributed by atoms with Crippen molar-refractivity contribution >= 4 is 11.8 Å². The van der Waals surface area contributed by atoms with Gasteiger partial charge in [0, 0.05) is 30.5 Å². The maximum absolute atomic E-state index is 13.4. The van der Waals surface area contributed by atoms with Gasteiger partial charge >= 0.3 is 6.17 Å². The molecule has 1 saturated carbocycles. The van der Waals surface area contributed by atoms with Crippen molar-refractivity contribution in [2.24, 2.45) is 0 Å². The molecule has 0 bridgehead atoms. The minimum Gasteiger partial charge on any atom is -0.340 e. The van der Waals surface area contributed by atoms with E-state index in [1.165, 1.54) is 12.1 Å². The Morgan fingerprint density at radius 1 is 1.16 bits per heavy atom. The van der Waals surface area contributed by atoms with Gasteiger partial charge in [-0.3, -0.25) is 19.3 Å². The molecule has 9 nitrogen and oxygen atoms in total. The maximum atomic E-state index is 13.4. The monoisotopic (exact) mass is 515 g/mol. The Morgan fingerprint density at radius 3 is 2.66 bits per heavy atom.